The third-order valence-corrected chi connectivity index (χ3v) is 8.43. The molecule has 0 aliphatic heterocycles. The zero-order valence-electron chi connectivity index (χ0n) is 29.5. The van der Waals surface area contributed by atoms with Gasteiger partial charge in [-0.15, -0.1) is 22.7 Å². The number of nitrogens with zero attached hydrogens (tertiary/aromatic N) is 2. The number of aliphatic hydroxyl groups excluding tert-OH is 1. The van der Waals surface area contributed by atoms with Crippen LogP contribution >= 0.6 is 22.7 Å². The standard InChI is InChI=1S/C19H24N2O4S.C17H22N2O3S/c1-6-24-17(22)15-16(26-11-20-15)14-9-7-13(8-10-14)12(2)21-18(23)25-19(3,4)5;1-11(19-16(21)22-17(2,3)4)12-5-7-13(8-6-12)15-14(9-20)18-10-23-15/h7-12H,6H2,1-5H3,(H,21,23);5-8,10-11,20H,9H2,1-4H3,(H,19,21)/t12-;11-/m00/s1. The largest absolute Gasteiger partial charge is 0.461 e. The van der Waals surface area contributed by atoms with Crippen molar-refractivity contribution in [3.63, 3.8) is 0 Å². The first-order valence-corrected chi connectivity index (χ1v) is 17.6. The first-order chi connectivity index (χ1) is 23.0. The van der Waals surface area contributed by atoms with Crippen LogP contribution in [0.5, 0.6) is 0 Å². The number of hydrogen-bond donors (Lipinski definition) is 3. The van der Waals surface area contributed by atoms with Crippen molar-refractivity contribution in [2.45, 2.75) is 92.2 Å². The smallest absolute Gasteiger partial charge is 0.408 e. The van der Waals surface area contributed by atoms with Gasteiger partial charge in [0, 0.05) is 0 Å². The van der Waals surface area contributed by atoms with E-state index in [0.29, 0.717) is 18.0 Å². The Morgan fingerprint density at radius 3 is 1.59 bits per heavy atom. The number of hydrogen-bond acceptors (Lipinski definition) is 11. The summed E-state index contributed by atoms with van der Waals surface area (Å²) < 4.78 is 15.6. The predicted molar refractivity (Wildman–Crippen MR) is 193 cm³/mol. The molecule has 264 valence electrons. The summed E-state index contributed by atoms with van der Waals surface area (Å²) in [4.78, 5) is 45.6. The molecule has 0 aliphatic carbocycles. The Bertz CT molecular complexity index is 1670. The van der Waals surface area contributed by atoms with E-state index < -0.39 is 29.4 Å². The topological polar surface area (TPSA) is 149 Å². The molecule has 0 fully saturated rings. The van der Waals surface area contributed by atoms with Crippen LogP contribution in [-0.2, 0) is 20.8 Å². The summed E-state index contributed by atoms with van der Waals surface area (Å²) in [5.41, 5.74) is 7.10. The number of carbonyl (C=O) groups is 3. The van der Waals surface area contributed by atoms with E-state index in [9.17, 15) is 19.5 Å². The zero-order chi connectivity index (χ0) is 36.4. The molecule has 2 atom stereocenters. The summed E-state index contributed by atoms with van der Waals surface area (Å²) in [5, 5.41) is 14.9. The van der Waals surface area contributed by atoms with Gasteiger partial charge in [0.15, 0.2) is 5.69 Å². The van der Waals surface area contributed by atoms with E-state index in [2.05, 4.69) is 20.6 Å². The summed E-state index contributed by atoms with van der Waals surface area (Å²) in [6, 6.07) is 15.1. The predicted octanol–water partition coefficient (Wildman–Crippen LogP) is 8.46. The maximum atomic E-state index is 12.0. The van der Waals surface area contributed by atoms with Crippen LogP contribution in [-0.4, -0.2) is 51.0 Å². The average molecular weight is 711 g/mol. The summed E-state index contributed by atoms with van der Waals surface area (Å²) in [5.74, 6) is -0.423. The SMILES string of the molecule is CCOC(=O)c1ncsc1-c1ccc([C@H](C)NC(=O)OC(C)(C)C)cc1.C[C@H](NC(=O)OC(C)(C)C)c1ccc(-c2scnc2CO)cc1. The lowest BCUT2D eigenvalue weighted by molar-refractivity contribution is 0.0496. The van der Waals surface area contributed by atoms with Gasteiger partial charge >= 0.3 is 18.2 Å². The number of aromatic nitrogens is 2. The Morgan fingerprint density at radius 2 is 1.16 bits per heavy atom. The van der Waals surface area contributed by atoms with Gasteiger partial charge in [-0.25, -0.2) is 24.4 Å². The number of thiazole rings is 2. The Kier molecular flexibility index (Phi) is 13.9. The van der Waals surface area contributed by atoms with Gasteiger partial charge in [0.1, 0.15) is 11.2 Å². The average Bonchev–Trinajstić information content (AvgIpc) is 3.70. The second-order valence-corrected chi connectivity index (χ2v) is 14.7. The van der Waals surface area contributed by atoms with Gasteiger partial charge in [-0.3, -0.25) is 0 Å². The molecule has 2 amide bonds. The van der Waals surface area contributed by atoms with Crippen LogP contribution in [0.1, 0.15) is 102 Å². The van der Waals surface area contributed by atoms with Crippen molar-refractivity contribution in [1.29, 1.82) is 0 Å². The lowest BCUT2D eigenvalue weighted by Gasteiger charge is -2.22. The van der Waals surface area contributed by atoms with Crippen molar-refractivity contribution < 1.29 is 33.7 Å². The molecule has 13 heteroatoms. The molecule has 11 nitrogen and oxygen atoms in total. The van der Waals surface area contributed by atoms with Gasteiger partial charge in [0.2, 0.25) is 0 Å². The first-order valence-electron chi connectivity index (χ1n) is 15.8. The van der Waals surface area contributed by atoms with E-state index >= 15 is 0 Å². The number of alkyl carbamates (subject to hydrolysis) is 2. The van der Waals surface area contributed by atoms with Crippen LogP contribution in [0.25, 0.3) is 20.9 Å². The highest BCUT2D eigenvalue weighted by atomic mass is 32.1. The number of rotatable bonds is 9. The molecule has 3 N–H and O–H groups in total. The second kappa shape index (κ2) is 17.4. The molecule has 4 rings (SSSR count). The quantitative estimate of drug-likeness (QED) is 0.115. The van der Waals surface area contributed by atoms with Crippen molar-refractivity contribution in [3.05, 3.63) is 82.1 Å². The third kappa shape index (κ3) is 12.3. The van der Waals surface area contributed by atoms with Crippen LogP contribution in [0.4, 0.5) is 9.59 Å². The highest BCUT2D eigenvalue weighted by Gasteiger charge is 2.21. The number of amides is 2. The van der Waals surface area contributed by atoms with E-state index in [1.165, 1.54) is 22.7 Å². The van der Waals surface area contributed by atoms with Crippen molar-refractivity contribution >= 4 is 40.8 Å². The third-order valence-electron chi connectivity index (χ3n) is 6.64. The second-order valence-electron chi connectivity index (χ2n) is 13.0. The van der Waals surface area contributed by atoms with Gasteiger partial charge in [-0.1, -0.05) is 48.5 Å². The van der Waals surface area contributed by atoms with E-state index in [-0.39, 0.29) is 18.7 Å². The van der Waals surface area contributed by atoms with Gasteiger partial charge in [0.05, 0.1) is 51.8 Å². The van der Waals surface area contributed by atoms with Crippen LogP contribution < -0.4 is 10.6 Å². The molecule has 2 aromatic carbocycles. The molecule has 0 aliphatic rings. The summed E-state index contributed by atoms with van der Waals surface area (Å²) in [7, 11) is 0. The van der Waals surface area contributed by atoms with Gasteiger partial charge in [0.25, 0.3) is 0 Å². The zero-order valence-corrected chi connectivity index (χ0v) is 31.1. The first kappa shape index (κ1) is 39.1. The highest BCUT2D eigenvalue weighted by molar-refractivity contribution is 7.13. The number of carbonyl (C=O) groups excluding carboxylic acids is 3. The van der Waals surface area contributed by atoms with Crippen LogP contribution in [0.3, 0.4) is 0 Å². The van der Waals surface area contributed by atoms with Gasteiger partial charge in [-0.05, 0) is 84.6 Å². The Morgan fingerprint density at radius 1 is 0.735 bits per heavy atom. The Hall–Kier alpha value is -4.33. The molecule has 2 heterocycles. The molecule has 4 aromatic rings. The maximum Gasteiger partial charge on any atom is 0.408 e. The number of esters is 1. The molecule has 0 bridgehead atoms. The maximum absolute atomic E-state index is 12.0. The molecule has 0 radical (unpaired) electrons. The Balaban J connectivity index is 0.000000267. The number of nitrogens with one attached hydrogen (secondary N) is 2. The van der Waals surface area contributed by atoms with Gasteiger partial charge in [-0.2, -0.15) is 0 Å². The fourth-order valence-corrected chi connectivity index (χ4v) is 5.99. The summed E-state index contributed by atoms with van der Waals surface area (Å²) in [6.07, 6.45) is -0.889. The van der Waals surface area contributed by atoms with Crippen molar-refractivity contribution in [3.8, 4) is 20.9 Å². The number of aliphatic hydroxyl groups is 1. The molecular formula is C36H46N4O7S2. The van der Waals surface area contributed by atoms with Crippen LogP contribution in [0.15, 0.2) is 59.6 Å². The molecule has 0 spiro atoms. The summed E-state index contributed by atoms with van der Waals surface area (Å²) >= 11 is 2.88. The van der Waals surface area contributed by atoms with E-state index in [1.807, 2.05) is 104 Å². The fourth-order valence-electron chi connectivity index (χ4n) is 4.39. The van der Waals surface area contributed by atoms with Crippen molar-refractivity contribution in [2.75, 3.05) is 6.61 Å². The van der Waals surface area contributed by atoms with Crippen LogP contribution in [0, 0.1) is 0 Å². The molecule has 0 saturated carbocycles. The Labute approximate surface area is 296 Å². The number of ether oxygens (including phenoxy) is 3. The molecule has 2 aromatic heterocycles. The molecular weight excluding hydrogens is 665 g/mol. The lowest BCUT2D eigenvalue weighted by Crippen LogP contribution is -2.34. The van der Waals surface area contributed by atoms with Crippen molar-refractivity contribution in [1.82, 2.24) is 20.6 Å². The fraction of sp³-hybridized carbons (Fsp3) is 0.417. The van der Waals surface area contributed by atoms with E-state index in [4.69, 9.17) is 14.2 Å². The monoisotopic (exact) mass is 710 g/mol. The lowest BCUT2D eigenvalue weighted by atomic mass is 10.0. The highest BCUT2D eigenvalue weighted by Crippen LogP contribution is 2.30. The molecule has 0 unspecified atom stereocenters. The van der Waals surface area contributed by atoms with Gasteiger partial charge < -0.3 is 30.0 Å². The minimum Gasteiger partial charge on any atom is -0.461 e. The molecule has 49 heavy (non-hydrogen) atoms. The molecule has 0 saturated heterocycles. The van der Waals surface area contributed by atoms with E-state index in [0.717, 1.165) is 32.0 Å². The van der Waals surface area contributed by atoms with Crippen LogP contribution in [0.2, 0.25) is 0 Å². The normalized spacial score (nSPS) is 12.5. The number of benzene rings is 2. The summed E-state index contributed by atoms with van der Waals surface area (Å²) in [6.45, 7) is 16.8. The minimum absolute atomic E-state index is 0.0722. The van der Waals surface area contributed by atoms with E-state index in [1.54, 1.807) is 17.9 Å². The van der Waals surface area contributed by atoms with Crippen molar-refractivity contribution in [2.24, 2.45) is 0 Å². The minimum atomic E-state index is -0.538.